The smallest absolute Gasteiger partial charge is 0.237 e. The molecule has 0 bridgehead atoms. The van der Waals surface area contributed by atoms with E-state index in [1.807, 2.05) is 25.1 Å². The maximum atomic E-state index is 12.8. The van der Waals surface area contributed by atoms with Crippen molar-refractivity contribution in [3.63, 3.8) is 0 Å². The summed E-state index contributed by atoms with van der Waals surface area (Å²) in [6, 6.07) is 19.3. The van der Waals surface area contributed by atoms with Gasteiger partial charge in [-0.3, -0.25) is 9.69 Å². The molecule has 1 aromatic heterocycles. The molecule has 4 rings (SSSR count). The number of nitriles is 1. The van der Waals surface area contributed by atoms with Gasteiger partial charge in [0.05, 0.1) is 29.6 Å². The zero-order valence-electron chi connectivity index (χ0n) is 18.1. The molecule has 1 N–H and O–H groups in total. The van der Waals surface area contributed by atoms with Crippen molar-refractivity contribution in [2.24, 2.45) is 0 Å². The van der Waals surface area contributed by atoms with Crippen molar-refractivity contribution in [2.45, 2.75) is 43.3 Å². The average Bonchev–Trinajstić information content (AvgIpc) is 3.46. The summed E-state index contributed by atoms with van der Waals surface area (Å²) in [6.45, 7) is 5.42. The minimum absolute atomic E-state index is 0.173. The molecule has 0 unspecified atom stereocenters. The van der Waals surface area contributed by atoms with E-state index in [0.29, 0.717) is 17.8 Å². The van der Waals surface area contributed by atoms with Gasteiger partial charge >= 0.3 is 0 Å². The van der Waals surface area contributed by atoms with Gasteiger partial charge in [0, 0.05) is 0 Å². The van der Waals surface area contributed by atoms with Crippen LogP contribution in [0, 0.1) is 11.3 Å². The molecular weight excluding hydrogens is 420 g/mol. The molecule has 1 amide bonds. The largest absolute Gasteiger partial charge is 0.324 e. The fourth-order valence-corrected chi connectivity index (χ4v) is 4.59. The normalized spacial score (nSPS) is 14.8. The molecule has 164 valence electrons. The van der Waals surface area contributed by atoms with E-state index in [9.17, 15) is 10.1 Å². The van der Waals surface area contributed by atoms with Gasteiger partial charge in [-0.15, -0.1) is 10.2 Å². The van der Waals surface area contributed by atoms with Crippen molar-refractivity contribution >= 4 is 23.4 Å². The van der Waals surface area contributed by atoms with Crippen molar-refractivity contribution in [2.75, 3.05) is 18.4 Å². The molecule has 1 aliphatic rings. The predicted molar refractivity (Wildman–Crippen MR) is 125 cm³/mol. The molecule has 2 aromatic carbocycles. The van der Waals surface area contributed by atoms with Crippen molar-refractivity contribution in [1.29, 1.82) is 5.26 Å². The lowest BCUT2D eigenvalue weighted by Crippen LogP contribution is -2.24. The molecule has 8 heteroatoms. The van der Waals surface area contributed by atoms with Gasteiger partial charge in [0.15, 0.2) is 5.16 Å². The van der Waals surface area contributed by atoms with Gasteiger partial charge in [-0.1, -0.05) is 54.2 Å². The summed E-state index contributed by atoms with van der Waals surface area (Å²) < 4.78 is 2.12. The van der Waals surface area contributed by atoms with Crippen LogP contribution < -0.4 is 5.32 Å². The highest BCUT2D eigenvalue weighted by Crippen LogP contribution is 2.26. The van der Waals surface area contributed by atoms with Gasteiger partial charge < -0.3 is 9.88 Å². The molecular formula is C24H26N6OS. The fraction of sp³-hybridized carbons (Fsp3) is 0.333. The molecule has 0 saturated carbocycles. The molecule has 1 aliphatic heterocycles. The number of rotatable bonds is 8. The van der Waals surface area contributed by atoms with Gasteiger partial charge in [0.2, 0.25) is 5.91 Å². The minimum Gasteiger partial charge on any atom is -0.324 e. The van der Waals surface area contributed by atoms with Crippen LogP contribution in [-0.2, 0) is 17.9 Å². The van der Waals surface area contributed by atoms with E-state index in [0.717, 1.165) is 36.2 Å². The first-order chi connectivity index (χ1) is 15.6. The first-order valence-electron chi connectivity index (χ1n) is 10.8. The van der Waals surface area contributed by atoms with Gasteiger partial charge in [0.25, 0.3) is 0 Å². The van der Waals surface area contributed by atoms with Crippen molar-refractivity contribution in [1.82, 2.24) is 19.7 Å². The third-order valence-corrected chi connectivity index (χ3v) is 6.58. The van der Waals surface area contributed by atoms with Crippen LogP contribution in [0.2, 0.25) is 0 Å². The minimum atomic E-state index is -0.403. The van der Waals surface area contributed by atoms with Crippen LogP contribution in [0.4, 0.5) is 5.69 Å². The first-order valence-corrected chi connectivity index (χ1v) is 11.7. The number of amides is 1. The maximum Gasteiger partial charge on any atom is 0.237 e. The molecule has 0 aliphatic carbocycles. The van der Waals surface area contributed by atoms with E-state index in [1.54, 1.807) is 24.3 Å². The Bertz CT molecular complexity index is 1100. The lowest BCUT2D eigenvalue weighted by molar-refractivity contribution is -0.115. The van der Waals surface area contributed by atoms with Crippen LogP contribution >= 0.6 is 11.8 Å². The van der Waals surface area contributed by atoms with Crippen LogP contribution in [0.15, 0.2) is 59.8 Å². The van der Waals surface area contributed by atoms with Crippen LogP contribution in [0.5, 0.6) is 0 Å². The summed E-state index contributed by atoms with van der Waals surface area (Å²) >= 11 is 1.38. The van der Waals surface area contributed by atoms with Crippen LogP contribution in [0.25, 0.3) is 0 Å². The highest BCUT2D eigenvalue weighted by atomic mass is 32.2. The molecule has 3 aromatic rings. The zero-order valence-corrected chi connectivity index (χ0v) is 18.9. The quantitative estimate of drug-likeness (QED) is 0.528. The molecule has 2 heterocycles. The monoisotopic (exact) mass is 446 g/mol. The molecule has 1 fully saturated rings. The lowest BCUT2D eigenvalue weighted by atomic mass is 10.2. The number of nitrogens with one attached hydrogen (secondary N) is 1. The van der Waals surface area contributed by atoms with E-state index in [2.05, 4.69) is 43.2 Å². The van der Waals surface area contributed by atoms with E-state index in [1.165, 1.54) is 24.6 Å². The standard InChI is InChI=1S/C24H26N6OS/c1-18(23(31)26-21-12-6-5-11-20(21)15-25)32-24-28-27-22(17-29-13-7-8-14-29)30(24)16-19-9-3-2-4-10-19/h2-6,9-12,18H,7-8,13-14,16-17H2,1H3,(H,26,31)/t18-/m0/s1. The molecule has 7 nitrogen and oxygen atoms in total. The lowest BCUT2D eigenvalue weighted by Gasteiger charge is -2.17. The highest BCUT2D eigenvalue weighted by Gasteiger charge is 2.23. The van der Waals surface area contributed by atoms with E-state index < -0.39 is 5.25 Å². The predicted octanol–water partition coefficient (Wildman–Crippen LogP) is 3.91. The fourth-order valence-electron chi connectivity index (χ4n) is 3.72. The second kappa shape index (κ2) is 10.4. The topological polar surface area (TPSA) is 86.8 Å². The van der Waals surface area contributed by atoms with Crippen LogP contribution in [-0.4, -0.2) is 43.9 Å². The zero-order chi connectivity index (χ0) is 22.3. The van der Waals surface area contributed by atoms with Gasteiger partial charge in [-0.25, -0.2) is 0 Å². The number of carbonyl (C=O) groups excluding carboxylic acids is 1. The Morgan fingerprint density at radius 1 is 1.09 bits per heavy atom. The molecule has 0 radical (unpaired) electrons. The third-order valence-electron chi connectivity index (χ3n) is 5.50. The van der Waals surface area contributed by atoms with Crippen molar-refractivity contribution in [3.8, 4) is 6.07 Å². The van der Waals surface area contributed by atoms with Gasteiger partial charge in [0.1, 0.15) is 11.9 Å². The Kier molecular flexibility index (Phi) is 7.20. The second-order valence-electron chi connectivity index (χ2n) is 7.86. The Hall–Kier alpha value is -3.15. The van der Waals surface area contributed by atoms with Crippen molar-refractivity contribution < 1.29 is 4.79 Å². The number of benzene rings is 2. The SMILES string of the molecule is C[C@H](Sc1nnc(CN2CCCC2)n1Cc1ccccc1)C(=O)Nc1ccccc1C#N. The summed E-state index contributed by atoms with van der Waals surface area (Å²) in [5.41, 5.74) is 2.13. The number of para-hydroxylation sites is 1. The molecule has 1 atom stereocenters. The van der Waals surface area contributed by atoms with E-state index in [-0.39, 0.29) is 5.91 Å². The molecule has 0 spiro atoms. The molecule has 1 saturated heterocycles. The number of carbonyl (C=O) groups is 1. The van der Waals surface area contributed by atoms with Crippen molar-refractivity contribution in [3.05, 3.63) is 71.5 Å². The summed E-state index contributed by atoms with van der Waals surface area (Å²) in [6.07, 6.45) is 2.44. The summed E-state index contributed by atoms with van der Waals surface area (Å²) in [5, 5.41) is 21.4. The van der Waals surface area contributed by atoms with Gasteiger partial charge in [-0.2, -0.15) is 5.26 Å². The maximum absolute atomic E-state index is 12.8. The summed E-state index contributed by atoms with van der Waals surface area (Å²) in [4.78, 5) is 15.2. The van der Waals surface area contributed by atoms with Crippen LogP contribution in [0.1, 0.15) is 36.7 Å². The average molecular weight is 447 g/mol. The van der Waals surface area contributed by atoms with E-state index >= 15 is 0 Å². The second-order valence-corrected chi connectivity index (χ2v) is 9.17. The Labute approximate surface area is 192 Å². The number of nitrogens with zero attached hydrogens (tertiary/aromatic N) is 5. The number of aromatic nitrogens is 3. The Morgan fingerprint density at radius 3 is 2.56 bits per heavy atom. The van der Waals surface area contributed by atoms with Gasteiger partial charge in [-0.05, 0) is 50.6 Å². The highest BCUT2D eigenvalue weighted by molar-refractivity contribution is 8.00. The Balaban J connectivity index is 1.52. The first kappa shape index (κ1) is 22.1. The number of hydrogen-bond donors (Lipinski definition) is 1. The number of likely N-dealkylation sites (tertiary alicyclic amines) is 1. The Morgan fingerprint density at radius 2 is 1.81 bits per heavy atom. The third kappa shape index (κ3) is 5.36. The van der Waals surface area contributed by atoms with E-state index in [4.69, 9.17) is 0 Å². The van der Waals surface area contributed by atoms with Crippen LogP contribution in [0.3, 0.4) is 0 Å². The number of thioether (sulfide) groups is 1. The number of hydrogen-bond acceptors (Lipinski definition) is 6. The summed E-state index contributed by atoms with van der Waals surface area (Å²) in [7, 11) is 0. The molecule has 32 heavy (non-hydrogen) atoms. The number of anilines is 1. The summed E-state index contributed by atoms with van der Waals surface area (Å²) in [5.74, 6) is 0.744.